The SMILES string of the molecule is C[C@@]1(C2CC2)NC(=O)N(c2cccc(CN)c2)C1=O. The first-order chi connectivity index (χ1) is 9.06. The summed E-state index contributed by atoms with van der Waals surface area (Å²) in [6.07, 6.45) is 2.00. The maximum atomic E-state index is 12.5. The van der Waals surface area contributed by atoms with E-state index in [0.29, 0.717) is 12.2 Å². The number of hydrogen-bond donors (Lipinski definition) is 2. The van der Waals surface area contributed by atoms with Crippen LogP contribution >= 0.6 is 0 Å². The van der Waals surface area contributed by atoms with Crippen LogP contribution in [0.5, 0.6) is 0 Å². The van der Waals surface area contributed by atoms with Gasteiger partial charge in [-0.2, -0.15) is 0 Å². The van der Waals surface area contributed by atoms with Gasteiger partial charge < -0.3 is 11.1 Å². The Balaban J connectivity index is 1.96. The lowest BCUT2D eigenvalue weighted by Crippen LogP contribution is -2.46. The fourth-order valence-corrected chi connectivity index (χ4v) is 2.65. The molecule has 0 bridgehead atoms. The van der Waals surface area contributed by atoms with Crippen LogP contribution in [0, 0.1) is 5.92 Å². The van der Waals surface area contributed by atoms with E-state index in [1.165, 1.54) is 4.90 Å². The van der Waals surface area contributed by atoms with Gasteiger partial charge in [0, 0.05) is 6.54 Å². The standard InChI is InChI=1S/C14H17N3O2/c1-14(10-5-6-10)12(18)17(13(19)16-14)11-4-2-3-9(7-11)8-15/h2-4,7,10H,5-6,8,15H2,1H3,(H,16,19)/t14-/m0/s1. The van der Waals surface area contributed by atoms with E-state index in [0.717, 1.165) is 18.4 Å². The Hall–Kier alpha value is -1.88. The summed E-state index contributed by atoms with van der Waals surface area (Å²) in [5.41, 5.74) is 6.35. The van der Waals surface area contributed by atoms with Crippen LogP contribution in [0.3, 0.4) is 0 Å². The molecular formula is C14H17N3O2. The number of hydrogen-bond acceptors (Lipinski definition) is 3. The number of imide groups is 1. The van der Waals surface area contributed by atoms with Gasteiger partial charge in [-0.3, -0.25) is 4.79 Å². The third-order valence-electron chi connectivity index (χ3n) is 4.02. The van der Waals surface area contributed by atoms with Crippen LogP contribution in [0.1, 0.15) is 25.3 Å². The number of nitrogens with one attached hydrogen (secondary N) is 1. The minimum Gasteiger partial charge on any atom is -0.326 e. The highest BCUT2D eigenvalue weighted by molar-refractivity contribution is 6.23. The Kier molecular flexibility index (Phi) is 2.60. The van der Waals surface area contributed by atoms with E-state index >= 15 is 0 Å². The Morgan fingerprint density at radius 2 is 2.16 bits per heavy atom. The molecule has 3 N–H and O–H groups in total. The first-order valence-corrected chi connectivity index (χ1v) is 6.52. The number of anilines is 1. The first-order valence-electron chi connectivity index (χ1n) is 6.52. The molecule has 5 heteroatoms. The molecule has 0 radical (unpaired) electrons. The molecule has 0 spiro atoms. The van der Waals surface area contributed by atoms with Crippen molar-refractivity contribution in [3.8, 4) is 0 Å². The molecule has 1 heterocycles. The molecular weight excluding hydrogens is 242 g/mol. The summed E-state index contributed by atoms with van der Waals surface area (Å²) in [6.45, 7) is 2.20. The fourth-order valence-electron chi connectivity index (χ4n) is 2.65. The van der Waals surface area contributed by atoms with Gasteiger partial charge in [-0.05, 0) is 43.4 Å². The second-order valence-corrected chi connectivity index (χ2v) is 5.42. The molecule has 0 unspecified atom stereocenters. The van der Waals surface area contributed by atoms with E-state index in [1.54, 1.807) is 12.1 Å². The molecule has 1 aliphatic carbocycles. The van der Waals surface area contributed by atoms with Crippen molar-refractivity contribution in [3.63, 3.8) is 0 Å². The van der Waals surface area contributed by atoms with E-state index in [1.807, 2.05) is 19.1 Å². The maximum absolute atomic E-state index is 12.5. The highest BCUT2D eigenvalue weighted by Gasteiger charge is 2.56. The van der Waals surface area contributed by atoms with Crippen molar-refractivity contribution in [1.29, 1.82) is 0 Å². The molecule has 5 nitrogen and oxygen atoms in total. The van der Waals surface area contributed by atoms with Gasteiger partial charge in [-0.15, -0.1) is 0 Å². The maximum Gasteiger partial charge on any atom is 0.329 e. The second kappa shape index (κ2) is 4.06. The van der Waals surface area contributed by atoms with Crippen molar-refractivity contribution >= 4 is 17.6 Å². The minimum atomic E-state index is -0.740. The van der Waals surface area contributed by atoms with Gasteiger partial charge in [0.2, 0.25) is 0 Å². The van der Waals surface area contributed by atoms with Gasteiger partial charge in [0.15, 0.2) is 0 Å². The highest BCUT2D eigenvalue weighted by Crippen LogP contribution is 2.43. The van der Waals surface area contributed by atoms with Crippen molar-refractivity contribution in [2.24, 2.45) is 11.7 Å². The van der Waals surface area contributed by atoms with E-state index < -0.39 is 5.54 Å². The number of urea groups is 1. The van der Waals surface area contributed by atoms with Crippen molar-refractivity contribution in [2.75, 3.05) is 4.90 Å². The van der Waals surface area contributed by atoms with Crippen LogP contribution in [0.4, 0.5) is 10.5 Å². The monoisotopic (exact) mass is 259 g/mol. The molecule has 2 fully saturated rings. The average molecular weight is 259 g/mol. The van der Waals surface area contributed by atoms with Gasteiger partial charge >= 0.3 is 6.03 Å². The zero-order valence-corrected chi connectivity index (χ0v) is 10.8. The third kappa shape index (κ3) is 1.81. The topological polar surface area (TPSA) is 75.4 Å². The summed E-state index contributed by atoms with van der Waals surface area (Å²) in [5.74, 6) is 0.112. The number of carbonyl (C=O) groups is 2. The fraction of sp³-hybridized carbons (Fsp3) is 0.429. The summed E-state index contributed by atoms with van der Waals surface area (Å²) in [4.78, 5) is 25.9. The number of carbonyl (C=O) groups excluding carboxylic acids is 2. The van der Waals surface area contributed by atoms with Crippen LogP contribution in [0.2, 0.25) is 0 Å². The number of amides is 3. The van der Waals surface area contributed by atoms with Crippen molar-refractivity contribution in [1.82, 2.24) is 5.32 Å². The van der Waals surface area contributed by atoms with E-state index in [2.05, 4.69) is 5.32 Å². The molecule has 1 aromatic rings. The minimum absolute atomic E-state index is 0.158. The van der Waals surface area contributed by atoms with Crippen LogP contribution in [0.15, 0.2) is 24.3 Å². The largest absolute Gasteiger partial charge is 0.329 e. The number of rotatable bonds is 3. The molecule has 2 aliphatic rings. The Morgan fingerprint density at radius 1 is 1.42 bits per heavy atom. The number of nitrogens with zero attached hydrogens (tertiary/aromatic N) is 1. The van der Waals surface area contributed by atoms with E-state index in [4.69, 9.17) is 5.73 Å². The lowest BCUT2D eigenvalue weighted by atomic mass is 9.96. The number of nitrogens with two attached hydrogens (primary N) is 1. The molecule has 1 saturated heterocycles. The molecule has 3 rings (SSSR count). The predicted octanol–water partition coefficient (Wildman–Crippen LogP) is 1.37. The molecule has 19 heavy (non-hydrogen) atoms. The van der Waals surface area contributed by atoms with Crippen molar-refractivity contribution in [2.45, 2.75) is 31.8 Å². The molecule has 1 aliphatic heterocycles. The molecule has 100 valence electrons. The van der Waals surface area contributed by atoms with Gasteiger partial charge in [-0.1, -0.05) is 12.1 Å². The molecule has 1 atom stereocenters. The zero-order valence-electron chi connectivity index (χ0n) is 10.8. The zero-order chi connectivity index (χ0) is 13.6. The van der Waals surface area contributed by atoms with Crippen LogP contribution < -0.4 is 16.0 Å². The lowest BCUT2D eigenvalue weighted by molar-refractivity contribution is -0.122. The summed E-state index contributed by atoms with van der Waals surface area (Å²) < 4.78 is 0. The normalized spacial score (nSPS) is 26.7. The summed E-state index contributed by atoms with van der Waals surface area (Å²) in [6, 6.07) is 6.90. The van der Waals surface area contributed by atoms with Gasteiger partial charge in [0.25, 0.3) is 5.91 Å². The Labute approximate surface area is 111 Å². The summed E-state index contributed by atoms with van der Waals surface area (Å²) >= 11 is 0. The van der Waals surface area contributed by atoms with Gasteiger partial charge in [-0.25, -0.2) is 9.69 Å². The Morgan fingerprint density at radius 3 is 2.79 bits per heavy atom. The average Bonchev–Trinajstić information content (AvgIpc) is 3.20. The quantitative estimate of drug-likeness (QED) is 0.805. The predicted molar refractivity (Wildman–Crippen MR) is 71.5 cm³/mol. The third-order valence-corrected chi connectivity index (χ3v) is 4.02. The molecule has 1 saturated carbocycles. The summed E-state index contributed by atoms with van der Waals surface area (Å²) in [5, 5.41) is 2.83. The first kappa shape index (κ1) is 12.2. The lowest BCUT2D eigenvalue weighted by Gasteiger charge is -2.21. The van der Waals surface area contributed by atoms with Crippen molar-refractivity contribution in [3.05, 3.63) is 29.8 Å². The smallest absolute Gasteiger partial charge is 0.326 e. The Bertz CT molecular complexity index is 553. The van der Waals surface area contributed by atoms with Crippen LogP contribution in [-0.4, -0.2) is 17.5 Å². The van der Waals surface area contributed by atoms with Gasteiger partial charge in [0.1, 0.15) is 5.54 Å². The van der Waals surface area contributed by atoms with Gasteiger partial charge in [0.05, 0.1) is 5.69 Å². The van der Waals surface area contributed by atoms with Crippen LogP contribution in [-0.2, 0) is 11.3 Å². The highest BCUT2D eigenvalue weighted by atomic mass is 16.2. The van der Waals surface area contributed by atoms with E-state index in [9.17, 15) is 9.59 Å². The molecule has 3 amide bonds. The molecule has 1 aromatic carbocycles. The van der Waals surface area contributed by atoms with Crippen LogP contribution in [0.25, 0.3) is 0 Å². The second-order valence-electron chi connectivity index (χ2n) is 5.42. The number of benzene rings is 1. The summed E-state index contributed by atoms with van der Waals surface area (Å²) in [7, 11) is 0. The van der Waals surface area contributed by atoms with Crippen molar-refractivity contribution < 1.29 is 9.59 Å². The molecule has 0 aromatic heterocycles. The van der Waals surface area contributed by atoms with E-state index in [-0.39, 0.29) is 17.9 Å².